The van der Waals surface area contributed by atoms with Crippen LogP contribution in [0.4, 0.5) is 0 Å². The number of aliphatic hydroxyl groups excluding tert-OH is 1. The number of hydrogen-bond donors (Lipinski definition) is 2. The molecular formula is C18H18BrClN2O2S. The summed E-state index contributed by atoms with van der Waals surface area (Å²) in [7, 11) is 0. The highest BCUT2D eigenvalue weighted by Gasteiger charge is 2.53. The van der Waals surface area contributed by atoms with Gasteiger partial charge in [-0.25, -0.2) is 9.97 Å². The third-order valence-corrected chi connectivity index (χ3v) is 6.89. The van der Waals surface area contributed by atoms with Crippen LogP contribution in [0.1, 0.15) is 41.1 Å². The lowest BCUT2D eigenvalue weighted by Gasteiger charge is -2.53. The van der Waals surface area contributed by atoms with Gasteiger partial charge in [-0.1, -0.05) is 45.4 Å². The first kappa shape index (κ1) is 17.7. The van der Waals surface area contributed by atoms with Crippen LogP contribution >= 0.6 is 39.3 Å². The first-order valence-electron chi connectivity index (χ1n) is 8.18. The van der Waals surface area contributed by atoms with Crippen LogP contribution in [-0.2, 0) is 18.6 Å². The molecule has 25 heavy (non-hydrogen) atoms. The van der Waals surface area contributed by atoms with Crippen LogP contribution in [0.15, 0.2) is 27.8 Å². The second-order valence-electron chi connectivity index (χ2n) is 6.78. The maximum atomic E-state index is 11.7. The first-order chi connectivity index (χ1) is 12.0. The Morgan fingerprint density at radius 1 is 1.36 bits per heavy atom. The standard InChI is InChI=1S/C18H18BrClN2O2S/c1-25-17-21-15(13(8-23)16(20)22-17)7-18(24)10-4-9(5-10)12-3-2-11(19)6-14(12)18/h2-3,6,9-10,23-24H,4-5,7-8H2,1H3. The van der Waals surface area contributed by atoms with E-state index in [1.165, 1.54) is 17.3 Å². The molecule has 132 valence electrons. The molecule has 5 rings (SSSR count). The molecule has 4 nitrogen and oxygen atoms in total. The predicted molar refractivity (Wildman–Crippen MR) is 102 cm³/mol. The number of aliphatic hydroxyl groups is 2. The maximum absolute atomic E-state index is 11.7. The van der Waals surface area contributed by atoms with Gasteiger partial charge in [-0.2, -0.15) is 0 Å². The number of benzene rings is 1. The Morgan fingerprint density at radius 3 is 2.80 bits per heavy atom. The van der Waals surface area contributed by atoms with Crippen molar-refractivity contribution in [3.8, 4) is 0 Å². The van der Waals surface area contributed by atoms with Gasteiger partial charge in [-0.15, -0.1) is 0 Å². The van der Waals surface area contributed by atoms with E-state index in [4.69, 9.17) is 11.6 Å². The Bertz CT molecular complexity index is 844. The molecule has 1 aromatic heterocycles. The Balaban J connectivity index is 1.82. The van der Waals surface area contributed by atoms with E-state index in [0.717, 1.165) is 22.9 Å². The minimum Gasteiger partial charge on any atom is -0.391 e. The number of hydrogen-bond acceptors (Lipinski definition) is 5. The Kier molecular flexibility index (Phi) is 4.61. The third kappa shape index (κ3) is 2.82. The van der Waals surface area contributed by atoms with E-state index in [1.807, 2.05) is 18.4 Å². The fourth-order valence-electron chi connectivity index (χ4n) is 4.11. The Hall–Kier alpha value is -0.660. The summed E-state index contributed by atoms with van der Waals surface area (Å²) in [4.78, 5) is 8.74. The summed E-state index contributed by atoms with van der Waals surface area (Å²) in [5.74, 6) is 0.749. The van der Waals surface area contributed by atoms with Gasteiger partial charge in [0.1, 0.15) is 5.15 Å². The second kappa shape index (κ2) is 6.50. The second-order valence-corrected chi connectivity index (χ2v) is 8.83. The fraction of sp³-hybridized carbons (Fsp3) is 0.444. The molecule has 7 heteroatoms. The van der Waals surface area contributed by atoms with Gasteiger partial charge in [0, 0.05) is 16.5 Å². The van der Waals surface area contributed by atoms with Crippen LogP contribution in [0.5, 0.6) is 0 Å². The van der Waals surface area contributed by atoms with Crippen molar-refractivity contribution in [1.29, 1.82) is 0 Å². The lowest BCUT2D eigenvalue weighted by Crippen LogP contribution is -2.49. The van der Waals surface area contributed by atoms with Crippen molar-refractivity contribution < 1.29 is 10.2 Å². The quantitative estimate of drug-likeness (QED) is 0.426. The lowest BCUT2D eigenvalue weighted by atomic mass is 9.54. The van der Waals surface area contributed by atoms with Crippen LogP contribution in [0.25, 0.3) is 0 Å². The van der Waals surface area contributed by atoms with Crippen LogP contribution in [0, 0.1) is 5.92 Å². The van der Waals surface area contributed by atoms with Gasteiger partial charge in [0.25, 0.3) is 0 Å². The lowest BCUT2D eigenvalue weighted by molar-refractivity contribution is -0.0810. The molecule has 3 aliphatic rings. The van der Waals surface area contributed by atoms with Crippen molar-refractivity contribution in [2.75, 3.05) is 6.26 Å². The molecule has 1 heterocycles. The van der Waals surface area contributed by atoms with Gasteiger partial charge < -0.3 is 10.2 Å². The zero-order valence-corrected chi connectivity index (χ0v) is 16.8. The maximum Gasteiger partial charge on any atom is 0.188 e. The summed E-state index contributed by atoms with van der Waals surface area (Å²) in [5.41, 5.74) is 2.34. The van der Waals surface area contributed by atoms with Gasteiger partial charge in [0.05, 0.1) is 17.9 Å². The summed E-state index contributed by atoms with van der Waals surface area (Å²) in [6.45, 7) is -0.239. The van der Waals surface area contributed by atoms with E-state index in [-0.39, 0.29) is 17.7 Å². The van der Waals surface area contributed by atoms with E-state index >= 15 is 0 Å². The van der Waals surface area contributed by atoms with Gasteiger partial charge >= 0.3 is 0 Å². The molecule has 1 saturated carbocycles. The average Bonchev–Trinajstić information content (AvgIpc) is 2.53. The highest BCUT2D eigenvalue weighted by atomic mass is 79.9. The van der Waals surface area contributed by atoms with Crippen LogP contribution in [0.3, 0.4) is 0 Å². The number of thioether (sulfide) groups is 1. The SMILES string of the molecule is CSc1nc(Cl)c(CO)c(CC2(O)c3cc(Br)ccc3C3CC2C3)n1. The number of rotatable bonds is 4. The molecule has 1 fully saturated rings. The monoisotopic (exact) mass is 440 g/mol. The molecule has 0 amide bonds. The smallest absolute Gasteiger partial charge is 0.188 e. The average molecular weight is 442 g/mol. The summed E-state index contributed by atoms with van der Waals surface area (Å²) in [6, 6.07) is 6.16. The Labute approximate surface area is 164 Å². The van der Waals surface area contributed by atoms with Crippen molar-refractivity contribution in [3.05, 3.63) is 50.2 Å². The van der Waals surface area contributed by atoms with Crippen molar-refractivity contribution in [3.63, 3.8) is 0 Å². The zero-order chi connectivity index (χ0) is 17.8. The van der Waals surface area contributed by atoms with Crippen molar-refractivity contribution in [2.45, 2.75) is 42.5 Å². The first-order valence-corrected chi connectivity index (χ1v) is 10.6. The molecule has 1 atom stereocenters. The van der Waals surface area contributed by atoms with Gasteiger partial charge in [-0.05, 0) is 54.2 Å². The normalized spacial score (nSPS) is 26.9. The summed E-state index contributed by atoms with van der Waals surface area (Å²) in [6.07, 6.45) is 4.20. The molecule has 2 aromatic rings. The molecular weight excluding hydrogens is 424 g/mol. The van der Waals surface area contributed by atoms with Crippen LogP contribution in [0.2, 0.25) is 5.15 Å². The Morgan fingerprint density at radius 2 is 2.12 bits per heavy atom. The molecule has 0 aliphatic heterocycles. The molecule has 3 aliphatic carbocycles. The minimum atomic E-state index is -0.995. The van der Waals surface area contributed by atoms with Crippen molar-refractivity contribution >= 4 is 39.3 Å². The minimum absolute atomic E-state index is 0.206. The number of aromatic nitrogens is 2. The van der Waals surface area contributed by atoms with Crippen LogP contribution < -0.4 is 0 Å². The van der Waals surface area contributed by atoms with Gasteiger partial charge in [0.2, 0.25) is 0 Å². The van der Waals surface area contributed by atoms with Crippen molar-refractivity contribution in [1.82, 2.24) is 9.97 Å². The van der Waals surface area contributed by atoms with Crippen LogP contribution in [-0.4, -0.2) is 26.4 Å². The zero-order valence-electron chi connectivity index (χ0n) is 13.7. The molecule has 2 N–H and O–H groups in total. The van der Waals surface area contributed by atoms with E-state index in [0.29, 0.717) is 28.8 Å². The third-order valence-electron chi connectivity index (χ3n) is 5.53. The molecule has 1 aromatic carbocycles. The van der Waals surface area contributed by atoms with E-state index < -0.39 is 5.60 Å². The summed E-state index contributed by atoms with van der Waals surface area (Å²) >= 11 is 11.2. The highest BCUT2D eigenvalue weighted by Crippen LogP contribution is 2.59. The fourth-order valence-corrected chi connectivity index (χ4v) is 5.15. The highest BCUT2D eigenvalue weighted by molar-refractivity contribution is 9.10. The van der Waals surface area contributed by atoms with Gasteiger partial charge in [-0.3, -0.25) is 0 Å². The predicted octanol–water partition coefficient (Wildman–Crippen LogP) is 4.04. The number of nitrogens with zero attached hydrogens (tertiary/aromatic N) is 2. The van der Waals surface area contributed by atoms with E-state index in [2.05, 4.69) is 32.0 Å². The summed E-state index contributed by atoms with van der Waals surface area (Å²) in [5, 5.41) is 22.2. The van der Waals surface area contributed by atoms with E-state index in [9.17, 15) is 10.2 Å². The summed E-state index contributed by atoms with van der Waals surface area (Å²) < 4.78 is 0.957. The van der Waals surface area contributed by atoms with E-state index in [1.54, 1.807) is 0 Å². The largest absolute Gasteiger partial charge is 0.391 e. The molecule has 1 unspecified atom stereocenters. The number of halogens is 2. The molecule has 2 bridgehead atoms. The van der Waals surface area contributed by atoms with Crippen molar-refractivity contribution in [2.24, 2.45) is 5.92 Å². The molecule has 0 spiro atoms. The molecule has 0 saturated heterocycles. The van der Waals surface area contributed by atoms with Gasteiger partial charge in [0.15, 0.2) is 5.16 Å². The molecule has 0 radical (unpaired) electrons. The topological polar surface area (TPSA) is 66.2 Å².